The normalized spacial score (nSPS) is 11.3. The van der Waals surface area contributed by atoms with E-state index in [0.29, 0.717) is 0 Å². The highest BCUT2D eigenvalue weighted by Gasteiger charge is 2.17. The van der Waals surface area contributed by atoms with Crippen molar-refractivity contribution in [1.29, 1.82) is 0 Å². The average Bonchev–Trinajstić information content (AvgIpc) is 2.83. The van der Waals surface area contributed by atoms with Gasteiger partial charge in [0, 0.05) is 23.8 Å². The van der Waals surface area contributed by atoms with Crippen molar-refractivity contribution in [3.8, 4) is 27.3 Å². The fraction of sp³-hybridized carbons (Fsp3) is 0.107. The maximum Gasteiger partial charge on any atom is 0.239 e. The predicted molar refractivity (Wildman–Crippen MR) is 131 cm³/mol. The first-order chi connectivity index (χ1) is 14.8. The van der Waals surface area contributed by atoms with Crippen molar-refractivity contribution < 1.29 is 4.74 Å². The molecular weight excluding hydrogens is 384 g/mol. The Bertz CT molecular complexity index is 1070. The molecular formula is C28H25OS+. The van der Waals surface area contributed by atoms with E-state index in [1.807, 2.05) is 23.5 Å². The van der Waals surface area contributed by atoms with Crippen LogP contribution in [0.3, 0.4) is 0 Å². The monoisotopic (exact) mass is 409 g/mol. The van der Waals surface area contributed by atoms with Crippen LogP contribution in [0.4, 0.5) is 0 Å². The fourth-order valence-corrected chi connectivity index (χ4v) is 4.58. The lowest BCUT2D eigenvalue weighted by atomic mass is 10.0. The van der Waals surface area contributed by atoms with Crippen LogP contribution < -0.4 is 4.74 Å². The molecule has 0 fully saturated rings. The van der Waals surface area contributed by atoms with E-state index in [9.17, 15) is 0 Å². The summed E-state index contributed by atoms with van der Waals surface area (Å²) in [7, 11) is 1.70. The van der Waals surface area contributed by atoms with E-state index in [0.717, 1.165) is 12.2 Å². The number of methoxy groups -OCH3 is 1. The highest BCUT2D eigenvalue weighted by Crippen LogP contribution is 2.35. The van der Waals surface area contributed by atoms with E-state index in [4.69, 9.17) is 4.74 Å². The van der Waals surface area contributed by atoms with Gasteiger partial charge in [0.1, 0.15) is 5.75 Å². The SMILES string of the molecule is CCC(=Cc1cc(-c2ccccc2)cc(-c2ccccc2)[s+]1)c1ccc(OC)cc1. The molecule has 0 bridgehead atoms. The third-order valence-corrected chi connectivity index (χ3v) is 6.18. The molecule has 30 heavy (non-hydrogen) atoms. The summed E-state index contributed by atoms with van der Waals surface area (Å²) in [5, 5.41) is 0. The predicted octanol–water partition coefficient (Wildman–Crippen LogP) is 8.32. The lowest BCUT2D eigenvalue weighted by Gasteiger charge is -2.06. The third-order valence-electron chi connectivity index (χ3n) is 5.14. The summed E-state index contributed by atoms with van der Waals surface area (Å²) < 4.78 is 5.31. The maximum atomic E-state index is 5.31. The number of hydrogen-bond acceptors (Lipinski definition) is 1. The molecule has 0 unspecified atom stereocenters. The van der Waals surface area contributed by atoms with Crippen LogP contribution in [0, 0.1) is 0 Å². The first-order valence-electron chi connectivity index (χ1n) is 10.2. The summed E-state index contributed by atoms with van der Waals surface area (Å²) in [6, 6.07) is 34.1. The molecule has 0 amide bonds. The summed E-state index contributed by atoms with van der Waals surface area (Å²) in [6.45, 7) is 2.21. The molecule has 0 atom stereocenters. The van der Waals surface area contributed by atoms with E-state index in [1.54, 1.807) is 7.11 Å². The first kappa shape index (κ1) is 20.1. The molecule has 0 saturated heterocycles. The molecule has 0 radical (unpaired) electrons. The summed E-state index contributed by atoms with van der Waals surface area (Å²) in [5.41, 5.74) is 6.27. The number of allylic oxidation sites excluding steroid dienone is 1. The zero-order valence-electron chi connectivity index (χ0n) is 17.3. The van der Waals surface area contributed by atoms with Gasteiger partial charge in [0.15, 0.2) is 0 Å². The Labute approximate surface area is 183 Å². The maximum absolute atomic E-state index is 5.31. The zero-order chi connectivity index (χ0) is 20.8. The molecule has 1 nitrogen and oxygen atoms in total. The van der Waals surface area contributed by atoms with Crippen molar-refractivity contribution in [2.24, 2.45) is 0 Å². The molecule has 1 aromatic heterocycles. The van der Waals surface area contributed by atoms with Crippen LogP contribution in [0.2, 0.25) is 0 Å². The molecule has 3 aromatic carbocycles. The van der Waals surface area contributed by atoms with Gasteiger partial charge in [-0.25, -0.2) is 0 Å². The topological polar surface area (TPSA) is 9.23 Å². The van der Waals surface area contributed by atoms with Gasteiger partial charge >= 0.3 is 0 Å². The minimum absolute atomic E-state index is 0.884. The van der Waals surface area contributed by atoms with E-state index >= 15 is 0 Å². The Balaban J connectivity index is 1.82. The van der Waals surface area contributed by atoms with Crippen LogP contribution in [0.25, 0.3) is 33.2 Å². The third kappa shape index (κ3) is 4.67. The van der Waals surface area contributed by atoms with Crippen molar-refractivity contribution in [1.82, 2.24) is 0 Å². The lowest BCUT2D eigenvalue weighted by molar-refractivity contribution is 0.415. The standard InChI is InChI=1S/C28H25OS/c1-3-21(23-14-16-26(29-2)17-15-23)18-27-19-25(22-10-6-4-7-11-22)20-28(30-27)24-12-8-5-9-13-24/h4-20H,3H2,1-2H3/q+1. The zero-order valence-corrected chi connectivity index (χ0v) is 18.2. The highest BCUT2D eigenvalue weighted by molar-refractivity contribution is 7.16. The van der Waals surface area contributed by atoms with Crippen molar-refractivity contribution in [3.05, 3.63) is 108 Å². The van der Waals surface area contributed by atoms with Gasteiger partial charge in [0.05, 0.1) is 7.11 Å². The van der Waals surface area contributed by atoms with E-state index in [1.165, 1.54) is 37.6 Å². The van der Waals surface area contributed by atoms with Gasteiger partial charge in [-0.15, -0.1) is 0 Å². The average molecular weight is 410 g/mol. The second kappa shape index (κ2) is 9.51. The molecule has 0 aliphatic carbocycles. The lowest BCUT2D eigenvalue weighted by Crippen LogP contribution is -1.87. The number of benzene rings is 3. The van der Waals surface area contributed by atoms with Crippen LogP contribution >= 0.6 is 11.3 Å². The van der Waals surface area contributed by atoms with Gasteiger partial charge in [0.2, 0.25) is 21.1 Å². The smallest absolute Gasteiger partial charge is 0.239 e. The Morgan fingerprint density at radius 1 is 0.767 bits per heavy atom. The van der Waals surface area contributed by atoms with Crippen molar-refractivity contribution in [2.75, 3.05) is 7.11 Å². The molecule has 0 aliphatic rings. The van der Waals surface area contributed by atoms with Gasteiger partial charge in [-0.05, 0) is 52.9 Å². The van der Waals surface area contributed by atoms with Gasteiger partial charge in [-0.2, -0.15) is 0 Å². The molecule has 0 N–H and O–H groups in total. The van der Waals surface area contributed by atoms with Crippen LogP contribution in [-0.2, 0) is 0 Å². The minimum Gasteiger partial charge on any atom is -0.497 e. The van der Waals surface area contributed by atoms with E-state index < -0.39 is 0 Å². The number of rotatable bonds is 6. The molecule has 0 aliphatic heterocycles. The molecule has 4 aromatic rings. The first-order valence-corrected chi connectivity index (χ1v) is 11.0. The van der Waals surface area contributed by atoms with Crippen molar-refractivity contribution in [2.45, 2.75) is 13.3 Å². The van der Waals surface area contributed by atoms with Crippen LogP contribution in [-0.4, -0.2) is 7.11 Å². The summed E-state index contributed by atoms with van der Waals surface area (Å²) in [5.74, 6) is 0.884. The Kier molecular flexibility index (Phi) is 6.36. The second-order valence-electron chi connectivity index (χ2n) is 7.10. The van der Waals surface area contributed by atoms with Crippen molar-refractivity contribution >= 4 is 23.0 Å². The highest BCUT2D eigenvalue weighted by atomic mass is 32.1. The summed E-state index contributed by atoms with van der Waals surface area (Å²) in [6.07, 6.45) is 3.29. The number of hydrogen-bond donors (Lipinski definition) is 0. The van der Waals surface area contributed by atoms with Crippen molar-refractivity contribution in [3.63, 3.8) is 0 Å². The Morgan fingerprint density at radius 3 is 2.00 bits per heavy atom. The van der Waals surface area contributed by atoms with Gasteiger partial charge < -0.3 is 4.74 Å². The van der Waals surface area contributed by atoms with E-state index in [2.05, 4.69) is 97.9 Å². The van der Waals surface area contributed by atoms with Crippen LogP contribution in [0.15, 0.2) is 97.1 Å². The molecule has 148 valence electrons. The van der Waals surface area contributed by atoms with Gasteiger partial charge in [0.25, 0.3) is 0 Å². The molecule has 0 spiro atoms. The Hall–Kier alpha value is -3.23. The molecule has 1 heterocycles. The molecule has 0 saturated carbocycles. The quantitative estimate of drug-likeness (QED) is 0.291. The number of ether oxygens (including phenoxy) is 1. The van der Waals surface area contributed by atoms with Crippen LogP contribution in [0.1, 0.15) is 23.8 Å². The Morgan fingerprint density at radius 2 is 1.40 bits per heavy atom. The summed E-state index contributed by atoms with van der Waals surface area (Å²) in [4.78, 5) is 2.52. The molecule has 4 rings (SSSR count). The minimum atomic E-state index is 0.884. The van der Waals surface area contributed by atoms with Gasteiger partial charge in [-0.1, -0.05) is 67.6 Å². The summed E-state index contributed by atoms with van der Waals surface area (Å²) >= 11 is 1.83. The fourth-order valence-electron chi connectivity index (χ4n) is 3.50. The van der Waals surface area contributed by atoms with Gasteiger partial charge in [-0.3, -0.25) is 0 Å². The van der Waals surface area contributed by atoms with Crippen LogP contribution in [0.5, 0.6) is 5.75 Å². The largest absolute Gasteiger partial charge is 0.497 e. The van der Waals surface area contributed by atoms with E-state index in [-0.39, 0.29) is 0 Å². The second-order valence-corrected chi connectivity index (χ2v) is 8.21. The molecule has 2 heteroatoms.